The first kappa shape index (κ1) is 8.75. The summed E-state index contributed by atoms with van der Waals surface area (Å²) in [7, 11) is 0. The third-order valence-electron chi connectivity index (χ3n) is 2.89. The molecule has 3 heteroatoms. The molecule has 0 aromatic carbocycles. The summed E-state index contributed by atoms with van der Waals surface area (Å²) >= 11 is 0. The van der Waals surface area contributed by atoms with Crippen molar-refractivity contribution in [2.24, 2.45) is 5.73 Å². The molecule has 3 nitrogen and oxygen atoms in total. The van der Waals surface area contributed by atoms with Crippen molar-refractivity contribution in [3.05, 3.63) is 17.7 Å². The molecule has 0 saturated heterocycles. The Balaban J connectivity index is 2.36. The molecule has 0 radical (unpaired) electrons. The Morgan fingerprint density at radius 1 is 1.69 bits per heavy atom. The second kappa shape index (κ2) is 3.14. The van der Waals surface area contributed by atoms with Gasteiger partial charge in [-0.15, -0.1) is 0 Å². The van der Waals surface area contributed by atoms with E-state index in [1.165, 1.54) is 17.8 Å². The monoisotopic (exact) mass is 179 g/mol. The Kier molecular flexibility index (Phi) is 2.12. The summed E-state index contributed by atoms with van der Waals surface area (Å²) in [6.07, 6.45) is 4.29. The van der Waals surface area contributed by atoms with Gasteiger partial charge in [0, 0.05) is 24.2 Å². The zero-order valence-electron chi connectivity index (χ0n) is 8.33. The van der Waals surface area contributed by atoms with Gasteiger partial charge in [0.25, 0.3) is 0 Å². The molecule has 0 bridgehead atoms. The number of hydrogen-bond acceptors (Lipinski definition) is 2. The van der Waals surface area contributed by atoms with E-state index in [0.29, 0.717) is 12.0 Å². The topological polar surface area (TPSA) is 43.8 Å². The molecule has 0 spiro atoms. The molecule has 2 rings (SSSR count). The minimum absolute atomic E-state index is 0.509. The lowest BCUT2D eigenvalue weighted by atomic mass is 10.1. The van der Waals surface area contributed by atoms with E-state index < -0.39 is 0 Å². The number of fused-ring (bicyclic) bond motifs is 1. The highest BCUT2D eigenvalue weighted by atomic mass is 15.1. The first-order valence-corrected chi connectivity index (χ1v) is 4.99. The normalized spacial score (nSPS) is 21.1. The summed E-state index contributed by atoms with van der Waals surface area (Å²) in [6, 6.07) is 0.521. The molecule has 0 aliphatic heterocycles. The van der Waals surface area contributed by atoms with Crippen molar-refractivity contribution in [3.63, 3.8) is 0 Å². The number of rotatable bonds is 2. The fourth-order valence-corrected chi connectivity index (χ4v) is 2.12. The third-order valence-corrected chi connectivity index (χ3v) is 2.89. The Morgan fingerprint density at radius 2 is 2.46 bits per heavy atom. The van der Waals surface area contributed by atoms with Crippen LogP contribution in [0.15, 0.2) is 6.33 Å². The van der Waals surface area contributed by atoms with Crippen LogP contribution in [0.1, 0.15) is 43.6 Å². The molecule has 1 aliphatic carbocycles. The lowest BCUT2D eigenvalue weighted by Gasteiger charge is -2.09. The van der Waals surface area contributed by atoms with Crippen LogP contribution < -0.4 is 5.73 Å². The first-order valence-electron chi connectivity index (χ1n) is 4.99. The Hall–Kier alpha value is -0.830. The zero-order chi connectivity index (χ0) is 9.42. The van der Waals surface area contributed by atoms with E-state index >= 15 is 0 Å². The highest BCUT2D eigenvalue weighted by Gasteiger charge is 2.26. The number of nitrogens with two attached hydrogens (primary N) is 1. The average Bonchev–Trinajstić information content (AvgIpc) is 2.61. The predicted molar refractivity (Wildman–Crippen MR) is 52.7 cm³/mol. The molecule has 72 valence electrons. The van der Waals surface area contributed by atoms with Crippen LogP contribution in [-0.4, -0.2) is 16.1 Å². The number of hydrogen-bond donors (Lipinski definition) is 1. The van der Waals surface area contributed by atoms with Gasteiger partial charge in [-0.05, 0) is 26.7 Å². The minimum atomic E-state index is 0.509. The van der Waals surface area contributed by atoms with Gasteiger partial charge in [0.2, 0.25) is 0 Å². The Labute approximate surface area is 79.0 Å². The first-order chi connectivity index (χ1) is 6.24. The molecule has 1 aromatic rings. The zero-order valence-corrected chi connectivity index (χ0v) is 8.33. The molecule has 0 amide bonds. The van der Waals surface area contributed by atoms with Crippen LogP contribution in [0.4, 0.5) is 0 Å². The van der Waals surface area contributed by atoms with Crippen LogP contribution in [0.5, 0.6) is 0 Å². The molecular weight excluding hydrogens is 162 g/mol. The second-order valence-corrected chi connectivity index (χ2v) is 4.05. The van der Waals surface area contributed by atoms with Gasteiger partial charge < -0.3 is 10.3 Å². The fraction of sp³-hybridized carbons (Fsp3) is 0.700. The lowest BCUT2D eigenvalue weighted by Crippen LogP contribution is -2.09. The van der Waals surface area contributed by atoms with Crippen molar-refractivity contribution in [2.75, 3.05) is 6.54 Å². The Bertz CT molecular complexity index is 301. The molecule has 13 heavy (non-hydrogen) atoms. The van der Waals surface area contributed by atoms with E-state index in [4.69, 9.17) is 5.73 Å². The molecule has 1 aliphatic rings. The fourth-order valence-electron chi connectivity index (χ4n) is 2.12. The van der Waals surface area contributed by atoms with Crippen molar-refractivity contribution in [1.29, 1.82) is 0 Å². The average molecular weight is 179 g/mol. The SMILES string of the molecule is CC(C)n1cnc2c1CCC2CN. The maximum Gasteiger partial charge on any atom is 0.0954 e. The summed E-state index contributed by atoms with van der Waals surface area (Å²) in [4.78, 5) is 4.45. The molecule has 0 saturated carbocycles. The van der Waals surface area contributed by atoms with Crippen LogP contribution in [-0.2, 0) is 6.42 Å². The molecule has 0 fully saturated rings. The maximum atomic E-state index is 5.68. The summed E-state index contributed by atoms with van der Waals surface area (Å²) in [5, 5.41) is 0. The van der Waals surface area contributed by atoms with Gasteiger partial charge >= 0.3 is 0 Å². The lowest BCUT2D eigenvalue weighted by molar-refractivity contribution is 0.570. The molecule has 1 heterocycles. The van der Waals surface area contributed by atoms with E-state index in [1.54, 1.807) is 0 Å². The number of imidazole rings is 1. The number of aromatic nitrogens is 2. The van der Waals surface area contributed by atoms with Crippen LogP contribution in [0.3, 0.4) is 0 Å². The van der Waals surface area contributed by atoms with E-state index in [1.807, 2.05) is 6.33 Å². The summed E-state index contributed by atoms with van der Waals surface area (Å²) in [6.45, 7) is 5.12. The van der Waals surface area contributed by atoms with E-state index in [-0.39, 0.29) is 0 Å². The van der Waals surface area contributed by atoms with E-state index in [9.17, 15) is 0 Å². The minimum Gasteiger partial charge on any atom is -0.332 e. The van der Waals surface area contributed by atoms with Crippen molar-refractivity contribution in [1.82, 2.24) is 9.55 Å². The Morgan fingerprint density at radius 3 is 3.08 bits per heavy atom. The second-order valence-electron chi connectivity index (χ2n) is 4.05. The molecule has 1 atom stereocenters. The highest BCUT2D eigenvalue weighted by Crippen LogP contribution is 2.32. The van der Waals surface area contributed by atoms with Crippen molar-refractivity contribution in [3.8, 4) is 0 Å². The highest BCUT2D eigenvalue weighted by molar-refractivity contribution is 5.24. The van der Waals surface area contributed by atoms with Crippen molar-refractivity contribution < 1.29 is 0 Å². The third kappa shape index (κ3) is 1.27. The summed E-state index contributed by atoms with van der Waals surface area (Å²) in [5.74, 6) is 0.509. The van der Waals surface area contributed by atoms with Gasteiger partial charge in [-0.25, -0.2) is 4.98 Å². The van der Waals surface area contributed by atoms with E-state index in [0.717, 1.165) is 13.0 Å². The molecule has 1 aromatic heterocycles. The summed E-state index contributed by atoms with van der Waals surface area (Å²) < 4.78 is 2.27. The van der Waals surface area contributed by atoms with Crippen molar-refractivity contribution >= 4 is 0 Å². The predicted octanol–water partition coefficient (Wildman–Crippen LogP) is 1.45. The largest absolute Gasteiger partial charge is 0.332 e. The van der Waals surface area contributed by atoms with Crippen LogP contribution >= 0.6 is 0 Å². The van der Waals surface area contributed by atoms with Gasteiger partial charge in [0.15, 0.2) is 0 Å². The standard InChI is InChI=1S/C10H17N3/c1-7(2)13-6-12-10-8(5-11)3-4-9(10)13/h6-8H,3-5,11H2,1-2H3. The van der Waals surface area contributed by atoms with Gasteiger partial charge in [0.1, 0.15) is 0 Å². The van der Waals surface area contributed by atoms with Gasteiger partial charge in [-0.3, -0.25) is 0 Å². The van der Waals surface area contributed by atoms with Crippen LogP contribution in [0, 0.1) is 0 Å². The molecular formula is C10H17N3. The van der Waals surface area contributed by atoms with Gasteiger partial charge in [-0.2, -0.15) is 0 Å². The molecule has 1 unspecified atom stereocenters. The summed E-state index contributed by atoms with van der Waals surface area (Å²) in [5.41, 5.74) is 8.34. The maximum absolute atomic E-state index is 5.68. The smallest absolute Gasteiger partial charge is 0.0954 e. The number of nitrogens with zero attached hydrogens (tertiary/aromatic N) is 2. The van der Waals surface area contributed by atoms with E-state index in [2.05, 4.69) is 23.4 Å². The van der Waals surface area contributed by atoms with Gasteiger partial charge in [-0.1, -0.05) is 0 Å². The van der Waals surface area contributed by atoms with Crippen molar-refractivity contribution in [2.45, 2.75) is 38.6 Å². The quantitative estimate of drug-likeness (QED) is 0.746. The van der Waals surface area contributed by atoms with Gasteiger partial charge in [0.05, 0.1) is 12.0 Å². The van der Waals surface area contributed by atoms with Crippen LogP contribution in [0.2, 0.25) is 0 Å². The molecule has 2 N–H and O–H groups in total. The van der Waals surface area contributed by atoms with Crippen LogP contribution in [0.25, 0.3) is 0 Å².